The van der Waals surface area contributed by atoms with Gasteiger partial charge in [0.15, 0.2) is 0 Å². The molecular weight excluding hydrogens is 190 g/mol. The van der Waals surface area contributed by atoms with Gasteiger partial charge in [-0.25, -0.2) is 0 Å². The van der Waals surface area contributed by atoms with Crippen LogP contribution in [0.4, 0.5) is 0 Å². The van der Waals surface area contributed by atoms with Gasteiger partial charge in [-0.1, -0.05) is 0 Å². The van der Waals surface area contributed by atoms with Gasteiger partial charge in [-0.15, -0.1) is 0 Å². The number of nitrogens with one attached hydrogen (secondary N) is 1. The van der Waals surface area contributed by atoms with Gasteiger partial charge in [0.05, 0.1) is 5.92 Å². The van der Waals surface area contributed by atoms with E-state index in [4.69, 9.17) is 4.74 Å². The van der Waals surface area contributed by atoms with Crippen LogP contribution >= 0.6 is 0 Å². The highest BCUT2D eigenvalue weighted by Crippen LogP contribution is 2.34. The number of hydrogen-bond donors (Lipinski definition) is 1. The van der Waals surface area contributed by atoms with Gasteiger partial charge in [0.2, 0.25) is 0 Å². The number of carbonyl (C=O) groups is 1. The summed E-state index contributed by atoms with van der Waals surface area (Å²) in [6.45, 7) is 6.88. The van der Waals surface area contributed by atoms with Crippen LogP contribution in [0, 0.1) is 11.8 Å². The number of ether oxygens (including phenoxy) is 1. The normalized spacial score (nSPS) is 35.3. The van der Waals surface area contributed by atoms with Gasteiger partial charge >= 0.3 is 5.97 Å². The molecule has 0 aromatic carbocycles. The first kappa shape index (κ1) is 10.9. The molecule has 1 aliphatic heterocycles. The third kappa shape index (κ3) is 2.71. The fourth-order valence-electron chi connectivity index (χ4n) is 2.68. The molecular formula is C12H21NO2. The molecule has 1 heterocycles. The Balaban J connectivity index is 1.91. The minimum Gasteiger partial charge on any atom is -0.460 e. The van der Waals surface area contributed by atoms with Crippen LogP contribution < -0.4 is 5.32 Å². The zero-order valence-electron chi connectivity index (χ0n) is 9.88. The number of fused-ring (bicyclic) bond motifs is 2. The van der Waals surface area contributed by atoms with Gasteiger partial charge in [-0.3, -0.25) is 4.79 Å². The Morgan fingerprint density at radius 2 is 2.00 bits per heavy atom. The van der Waals surface area contributed by atoms with Crippen LogP contribution in [0.3, 0.4) is 0 Å². The molecule has 3 atom stereocenters. The zero-order chi connectivity index (χ0) is 11.1. The first-order chi connectivity index (χ1) is 6.94. The average molecular weight is 211 g/mol. The van der Waals surface area contributed by atoms with Gasteiger partial charge in [0.1, 0.15) is 5.60 Å². The summed E-state index contributed by atoms with van der Waals surface area (Å²) < 4.78 is 5.43. The molecule has 3 nitrogen and oxygen atoms in total. The van der Waals surface area contributed by atoms with E-state index in [-0.39, 0.29) is 17.5 Å². The lowest BCUT2D eigenvalue weighted by molar-refractivity contribution is -0.161. The van der Waals surface area contributed by atoms with E-state index >= 15 is 0 Å². The van der Waals surface area contributed by atoms with Crippen LogP contribution in [0.1, 0.15) is 40.0 Å². The molecule has 2 aliphatic rings. The minimum absolute atomic E-state index is 0.000833. The molecule has 2 fully saturated rings. The molecule has 2 rings (SSSR count). The maximum Gasteiger partial charge on any atom is 0.309 e. The van der Waals surface area contributed by atoms with E-state index in [2.05, 4.69) is 5.32 Å². The maximum atomic E-state index is 11.9. The number of carbonyl (C=O) groups excluding carboxylic acids is 1. The van der Waals surface area contributed by atoms with Crippen molar-refractivity contribution in [3.63, 3.8) is 0 Å². The van der Waals surface area contributed by atoms with Crippen molar-refractivity contribution >= 4 is 5.97 Å². The predicted molar refractivity (Wildman–Crippen MR) is 58.5 cm³/mol. The van der Waals surface area contributed by atoms with Crippen molar-refractivity contribution in [2.45, 2.75) is 51.7 Å². The van der Waals surface area contributed by atoms with E-state index < -0.39 is 0 Å². The third-order valence-corrected chi connectivity index (χ3v) is 3.24. The predicted octanol–water partition coefficient (Wildman–Crippen LogP) is 1.72. The van der Waals surface area contributed by atoms with Gasteiger partial charge in [-0.2, -0.15) is 0 Å². The molecule has 1 N–H and O–H groups in total. The summed E-state index contributed by atoms with van der Waals surface area (Å²) in [7, 11) is 0. The largest absolute Gasteiger partial charge is 0.460 e. The Hall–Kier alpha value is -0.570. The lowest BCUT2D eigenvalue weighted by Crippen LogP contribution is -2.34. The van der Waals surface area contributed by atoms with Crippen molar-refractivity contribution in [1.29, 1.82) is 0 Å². The second-order valence-electron chi connectivity index (χ2n) is 5.91. The summed E-state index contributed by atoms with van der Waals surface area (Å²) in [5.74, 6) is 0.824. The van der Waals surface area contributed by atoms with Crippen molar-refractivity contribution in [3.8, 4) is 0 Å². The molecule has 15 heavy (non-hydrogen) atoms. The average Bonchev–Trinajstić information content (AvgIpc) is 2.42. The van der Waals surface area contributed by atoms with E-state index in [1.165, 1.54) is 6.42 Å². The van der Waals surface area contributed by atoms with Crippen LogP contribution in [-0.4, -0.2) is 24.2 Å². The van der Waals surface area contributed by atoms with Crippen LogP contribution in [0.25, 0.3) is 0 Å². The van der Waals surface area contributed by atoms with Gasteiger partial charge in [0, 0.05) is 6.04 Å². The fourth-order valence-corrected chi connectivity index (χ4v) is 2.68. The molecule has 86 valence electrons. The lowest BCUT2D eigenvalue weighted by atomic mass is 9.82. The van der Waals surface area contributed by atoms with E-state index in [0.29, 0.717) is 12.0 Å². The van der Waals surface area contributed by atoms with E-state index in [1.807, 2.05) is 20.8 Å². The highest BCUT2D eigenvalue weighted by molar-refractivity contribution is 5.73. The van der Waals surface area contributed by atoms with Crippen molar-refractivity contribution in [1.82, 2.24) is 5.32 Å². The molecule has 1 saturated heterocycles. The van der Waals surface area contributed by atoms with Crippen molar-refractivity contribution in [2.75, 3.05) is 6.54 Å². The molecule has 0 spiro atoms. The van der Waals surface area contributed by atoms with Crippen molar-refractivity contribution < 1.29 is 9.53 Å². The Morgan fingerprint density at radius 3 is 2.60 bits per heavy atom. The number of rotatable bonds is 1. The Labute approximate surface area is 91.6 Å². The summed E-state index contributed by atoms with van der Waals surface area (Å²) in [5.41, 5.74) is -0.346. The topological polar surface area (TPSA) is 38.3 Å². The summed E-state index contributed by atoms with van der Waals surface area (Å²) in [6.07, 6.45) is 3.23. The monoisotopic (exact) mass is 211 g/mol. The molecule has 1 saturated carbocycles. The number of hydrogen-bond acceptors (Lipinski definition) is 3. The molecule has 0 unspecified atom stereocenters. The smallest absolute Gasteiger partial charge is 0.309 e. The highest BCUT2D eigenvalue weighted by atomic mass is 16.6. The molecule has 1 aliphatic carbocycles. The van der Waals surface area contributed by atoms with Gasteiger partial charge < -0.3 is 10.1 Å². The highest BCUT2D eigenvalue weighted by Gasteiger charge is 2.38. The van der Waals surface area contributed by atoms with Gasteiger partial charge in [-0.05, 0) is 52.5 Å². The van der Waals surface area contributed by atoms with E-state index in [1.54, 1.807) is 0 Å². The van der Waals surface area contributed by atoms with Gasteiger partial charge in [0.25, 0.3) is 0 Å². The quantitative estimate of drug-likeness (QED) is 0.671. The van der Waals surface area contributed by atoms with Crippen LogP contribution in [0.15, 0.2) is 0 Å². The fraction of sp³-hybridized carbons (Fsp3) is 0.917. The summed E-state index contributed by atoms with van der Waals surface area (Å²) >= 11 is 0. The van der Waals surface area contributed by atoms with Crippen LogP contribution in [0.2, 0.25) is 0 Å². The first-order valence-corrected chi connectivity index (χ1v) is 5.90. The maximum absolute atomic E-state index is 11.9. The second-order valence-corrected chi connectivity index (χ2v) is 5.91. The summed E-state index contributed by atoms with van der Waals surface area (Å²) in [5, 5.41) is 3.46. The Morgan fingerprint density at radius 1 is 1.27 bits per heavy atom. The van der Waals surface area contributed by atoms with E-state index in [9.17, 15) is 4.79 Å². The zero-order valence-corrected chi connectivity index (χ0v) is 9.88. The van der Waals surface area contributed by atoms with Crippen molar-refractivity contribution in [2.24, 2.45) is 11.8 Å². The Kier molecular flexibility index (Phi) is 2.75. The number of esters is 1. The molecule has 0 amide bonds. The molecule has 2 bridgehead atoms. The summed E-state index contributed by atoms with van der Waals surface area (Å²) in [4.78, 5) is 11.9. The SMILES string of the molecule is CC(C)(C)OC(=O)[C@@H]1C[C@H]2CN[C@H](C2)C1. The molecule has 3 heteroatoms. The Bertz CT molecular complexity index is 245. The first-order valence-electron chi connectivity index (χ1n) is 5.90. The molecule has 0 radical (unpaired) electrons. The van der Waals surface area contributed by atoms with Crippen molar-refractivity contribution in [3.05, 3.63) is 0 Å². The molecule has 0 aromatic rings. The molecule has 0 aromatic heterocycles. The second kappa shape index (κ2) is 3.78. The van der Waals surface area contributed by atoms with Crippen LogP contribution in [-0.2, 0) is 9.53 Å². The van der Waals surface area contributed by atoms with Crippen LogP contribution in [0.5, 0.6) is 0 Å². The lowest BCUT2D eigenvalue weighted by Gasteiger charge is -2.28. The van der Waals surface area contributed by atoms with E-state index in [0.717, 1.165) is 19.4 Å². The minimum atomic E-state index is -0.346. The third-order valence-electron chi connectivity index (χ3n) is 3.24. The standard InChI is InChI=1S/C12H21NO2/c1-12(2,3)15-11(14)9-4-8-5-10(6-9)13-7-8/h8-10,13H,4-7H2,1-3H3/t8-,9-,10-/m1/s1. The summed E-state index contributed by atoms with van der Waals surface area (Å²) in [6, 6.07) is 0.557.